The zero-order valence-corrected chi connectivity index (χ0v) is 11.3. The number of hydrogen-bond acceptors (Lipinski definition) is 2. The van der Waals surface area contributed by atoms with Crippen LogP contribution in [-0.2, 0) is 0 Å². The summed E-state index contributed by atoms with van der Waals surface area (Å²) in [6.07, 6.45) is 3.87. The predicted molar refractivity (Wildman–Crippen MR) is 75.4 cm³/mol. The first-order valence-corrected chi connectivity index (χ1v) is 6.71. The van der Waals surface area contributed by atoms with Crippen molar-refractivity contribution in [2.45, 2.75) is 40.0 Å². The second-order valence-electron chi connectivity index (χ2n) is 5.42. The van der Waals surface area contributed by atoms with Crippen molar-refractivity contribution in [2.75, 3.05) is 23.7 Å². The molecule has 2 nitrogen and oxygen atoms in total. The van der Waals surface area contributed by atoms with Crippen LogP contribution in [0.2, 0.25) is 0 Å². The molecule has 2 heteroatoms. The van der Waals surface area contributed by atoms with Crippen LogP contribution in [0.1, 0.15) is 38.7 Å². The van der Waals surface area contributed by atoms with Gasteiger partial charge in [0, 0.05) is 24.5 Å². The third-order valence-corrected chi connectivity index (χ3v) is 4.51. The molecular weight excluding hydrogens is 208 g/mol. The standard InChI is InChI=1S/C15H24N2/c1-4-15(5-2)8-9-17(11-15)14-10-13(16)7-6-12(14)3/h6-7,10H,4-5,8-9,11,16H2,1-3H3. The maximum Gasteiger partial charge on any atom is 0.0416 e. The molecule has 0 radical (unpaired) electrons. The summed E-state index contributed by atoms with van der Waals surface area (Å²) in [6.45, 7) is 9.17. The Bertz CT molecular complexity index is 394. The number of nitrogen functional groups attached to an aromatic ring is 1. The molecule has 2 N–H and O–H groups in total. The van der Waals surface area contributed by atoms with Crippen molar-refractivity contribution in [1.29, 1.82) is 0 Å². The number of nitrogens with zero attached hydrogens (tertiary/aromatic N) is 1. The SMILES string of the molecule is CCC1(CC)CCN(c2cc(N)ccc2C)C1. The summed E-state index contributed by atoms with van der Waals surface area (Å²) in [6, 6.07) is 6.24. The molecule has 1 saturated heterocycles. The minimum Gasteiger partial charge on any atom is -0.399 e. The van der Waals surface area contributed by atoms with Crippen LogP contribution in [0, 0.1) is 12.3 Å². The van der Waals surface area contributed by atoms with Gasteiger partial charge >= 0.3 is 0 Å². The normalized spacial score (nSPS) is 18.6. The highest BCUT2D eigenvalue weighted by Crippen LogP contribution is 2.40. The van der Waals surface area contributed by atoms with Crippen molar-refractivity contribution >= 4 is 11.4 Å². The molecule has 0 saturated carbocycles. The molecule has 1 aromatic carbocycles. The van der Waals surface area contributed by atoms with E-state index in [0.717, 1.165) is 5.69 Å². The topological polar surface area (TPSA) is 29.3 Å². The van der Waals surface area contributed by atoms with E-state index in [4.69, 9.17) is 5.73 Å². The van der Waals surface area contributed by atoms with Gasteiger partial charge < -0.3 is 10.6 Å². The summed E-state index contributed by atoms with van der Waals surface area (Å²) in [5, 5.41) is 0. The highest BCUT2D eigenvalue weighted by atomic mass is 15.2. The molecule has 1 fully saturated rings. The third-order valence-electron chi connectivity index (χ3n) is 4.51. The molecule has 17 heavy (non-hydrogen) atoms. The molecule has 0 bridgehead atoms. The molecular formula is C15H24N2. The first kappa shape index (κ1) is 12.3. The molecule has 94 valence electrons. The molecule has 2 rings (SSSR count). The van der Waals surface area contributed by atoms with Crippen molar-refractivity contribution in [1.82, 2.24) is 0 Å². The van der Waals surface area contributed by atoms with Crippen LogP contribution in [0.15, 0.2) is 18.2 Å². The lowest BCUT2D eigenvalue weighted by Gasteiger charge is -2.28. The Balaban J connectivity index is 2.23. The Labute approximate surface area is 105 Å². The van der Waals surface area contributed by atoms with Gasteiger partial charge in [0.15, 0.2) is 0 Å². The summed E-state index contributed by atoms with van der Waals surface area (Å²) in [4.78, 5) is 2.51. The molecule has 0 aliphatic carbocycles. The number of aryl methyl sites for hydroxylation is 1. The summed E-state index contributed by atoms with van der Waals surface area (Å²) in [5.41, 5.74) is 9.96. The van der Waals surface area contributed by atoms with Crippen molar-refractivity contribution < 1.29 is 0 Å². The van der Waals surface area contributed by atoms with Crippen LogP contribution in [0.5, 0.6) is 0 Å². The number of hydrogen-bond donors (Lipinski definition) is 1. The lowest BCUT2D eigenvalue weighted by molar-refractivity contribution is 0.301. The monoisotopic (exact) mass is 232 g/mol. The largest absolute Gasteiger partial charge is 0.399 e. The molecule has 0 atom stereocenters. The average molecular weight is 232 g/mol. The molecule has 1 aliphatic rings. The van der Waals surface area contributed by atoms with Crippen LogP contribution in [0.4, 0.5) is 11.4 Å². The van der Waals surface area contributed by atoms with E-state index < -0.39 is 0 Å². The van der Waals surface area contributed by atoms with Crippen molar-refractivity contribution in [3.8, 4) is 0 Å². The van der Waals surface area contributed by atoms with Crippen molar-refractivity contribution in [3.05, 3.63) is 23.8 Å². The minimum atomic E-state index is 0.525. The van der Waals surface area contributed by atoms with Gasteiger partial charge in [0.05, 0.1) is 0 Å². The molecule has 1 aromatic rings. The Morgan fingerprint density at radius 1 is 1.29 bits per heavy atom. The molecule has 1 aliphatic heterocycles. The highest BCUT2D eigenvalue weighted by molar-refractivity contribution is 5.61. The fourth-order valence-corrected chi connectivity index (χ4v) is 2.94. The van der Waals surface area contributed by atoms with E-state index in [1.807, 2.05) is 6.07 Å². The smallest absolute Gasteiger partial charge is 0.0416 e. The maximum atomic E-state index is 5.90. The Hall–Kier alpha value is -1.18. The molecule has 0 unspecified atom stereocenters. The first-order valence-electron chi connectivity index (χ1n) is 6.71. The van der Waals surface area contributed by atoms with Crippen LogP contribution >= 0.6 is 0 Å². The second-order valence-corrected chi connectivity index (χ2v) is 5.42. The summed E-state index contributed by atoms with van der Waals surface area (Å²) < 4.78 is 0. The zero-order valence-electron chi connectivity index (χ0n) is 11.3. The lowest BCUT2D eigenvalue weighted by atomic mass is 9.82. The summed E-state index contributed by atoms with van der Waals surface area (Å²) in [5.74, 6) is 0. The van der Waals surface area contributed by atoms with E-state index in [-0.39, 0.29) is 0 Å². The minimum absolute atomic E-state index is 0.525. The van der Waals surface area contributed by atoms with Gasteiger partial charge in [-0.15, -0.1) is 0 Å². The zero-order chi connectivity index (χ0) is 12.5. The summed E-state index contributed by atoms with van der Waals surface area (Å²) in [7, 11) is 0. The lowest BCUT2D eigenvalue weighted by Crippen LogP contribution is -2.26. The van der Waals surface area contributed by atoms with E-state index in [2.05, 4.69) is 37.8 Å². The number of nitrogens with two attached hydrogens (primary N) is 1. The second kappa shape index (κ2) is 4.59. The van der Waals surface area contributed by atoms with Crippen LogP contribution in [0.3, 0.4) is 0 Å². The third kappa shape index (κ3) is 2.26. The summed E-state index contributed by atoms with van der Waals surface area (Å²) >= 11 is 0. The van der Waals surface area contributed by atoms with E-state index in [9.17, 15) is 0 Å². The van der Waals surface area contributed by atoms with Crippen LogP contribution in [-0.4, -0.2) is 13.1 Å². The van der Waals surface area contributed by atoms with Gasteiger partial charge in [0.1, 0.15) is 0 Å². The van der Waals surface area contributed by atoms with E-state index >= 15 is 0 Å². The van der Waals surface area contributed by atoms with Gasteiger partial charge in [0.2, 0.25) is 0 Å². The Morgan fingerprint density at radius 2 is 2.00 bits per heavy atom. The van der Waals surface area contributed by atoms with E-state index in [1.165, 1.54) is 43.6 Å². The molecule has 0 amide bonds. The van der Waals surface area contributed by atoms with Gasteiger partial charge in [0.25, 0.3) is 0 Å². The first-order chi connectivity index (χ1) is 8.10. The Kier molecular flexibility index (Phi) is 3.32. The van der Waals surface area contributed by atoms with Crippen molar-refractivity contribution in [2.24, 2.45) is 5.41 Å². The molecule has 0 aromatic heterocycles. The van der Waals surface area contributed by atoms with Gasteiger partial charge in [-0.1, -0.05) is 19.9 Å². The average Bonchev–Trinajstić information content (AvgIpc) is 2.77. The number of anilines is 2. The highest BCUT2D eigenvalue weighted by Gasteiger charge is 2.35. The van der Waals surface area contributed by atoms with E-state index in [0.29, 0.717) is 5.41 Å². The molecule has 1 heterocycles. The van der Waals surface area contributed by atoms with Gasteiger partial charge in [-0.3, -0.25) is 0 Å². The Morgan fingerprint density at radius 3 is 2.59 bits per heavy atom. The van der Waals surface area contributed by atoms with Crippen molar-refractivity contribution in [3.63, 3.8) is 0 Å². The quantitative estimate of drug-likeness (QED) is 0.807. The van der Waals surface area contributed by atoms with Gasteiger partial charge in [-0.05, 0) is 49.3 Å². The number of rotatable bonds is 3. The fourth-order valence-electron chi connectivity index (χ4n) is 2.94. The number of benzene rings is 1. The molecule has 0 spiro atoms. The maximum absolute atomic E-state index is 5.90. The van der Waals surface area contributed by atoms with Gasteiger partial charge in [-0.2, -0.15) is 0 Å². The fraction of sp³-hybridized carbons (Fsp3) is 0.600. The van der Waals surface area contributed by atoms with Crippen LogP contribution in [0.25, 0.3) is 0 Å². The van der Waals surface area contributed by atoms with E-state index in [1.54, 1.807) is 0 Å². The van der Waals surface area contributed by atoms with Gasteiger partial charge in [-0.25, -0.2) is 0 Å². The van der Waals surface area contributed by atoms with Crippen LogP contribution < -0.4 is 10.6 Å². The predicted octanol–water partition coefficient (Wildman–Crippen LogP) is 3.59.